The fourth-order valence-corrected chi connectivity index (χ4v) is 2.40. The van der Waals surface area contributed by atoms with E-state index < -0.39 is 0 Å². The summed E-state index contributed by atoms with van der Waals surface area (Å²) in [6.45, 7) is 9.72. The lowest BCUT2D eigenvalue weighted by atomic mass is 9.97. The number of hydrogen-bond donors (Lipinski definition) is 1. The van der Waals surface area contributed by atoms with E-state index in [2.05, 4.69) is 52.5 Å². The van der Waals surface area contributed by atoms with Crippen molar-refractivity contribution in [3.8, 4) is 0 Å². The van der Waals surface area contributed by atoms with Gasteiger partial charge in [-0.15, -0.1) is 0 Å². The Bertz CT molecular complexity index is 201. The minimum atomic E-state index is 0.414. The lowest BCUT2D eigenvalue weighted by Gasteiger charge is -2.21. The van der Waals surface area contributed by atoms with Crippen LogP contribution in [0.5, 0.6) is 0 Å². The van der Waals surface area contributed by atoms with Crippen LogP contribution in [0.1, 0.15) is 59.8 Å². The fourth-order valence-electron chi connectivity index (χ4n) is 2.13. The highest BCUT2D eigenvalue weighted by atomic mass is 32.1. The van der Waals surface area contributed by atoms with Crippen LogP contribution in [-0.4, -0.2) is 18.5 Å². The van der Waals surface area contributed by atoms with Gasteiger partial charge >= 0.3 is 0 Å². The maximum Gasteiger partial charge on any atom is 0.0581 e. The summed E-state index contributed by atoms with van der Waals surface area (Å²) in [5, 5.41) is 0. The topological polar surface area (TPSA) is 9.23 Å². The second-order valence-corrected chi connectivity index (χ2v) is 5.89. The summed E-state index contributed by atoms with van der Waals surface area (Å²) >= 11 is 4.43. The molecule has 0 aromatic rings. The molecule has 0 rings (SSSR count). The summed E-state index contributed by atoms with van der Waals surface area (Å²) in [6.07, 6.45) is 10.8. The molecule has 0 aliphatic carbocycles. The Morgan fingerprint density at radius 3 is 2.44 bits per heavy atom. The predicted octanol–water partition coefficient (Wildman–Crippen LogP) is 5.12. The van der Waals surface area contributed by atoms with E-state index in [0.717, 1.165) is 31.1 Å². The molecule has 18 heavy (non-hydrogen) atoms. The molecule has 0 aliphatic rings. The van der Waals surface area contributed by atoms with Gasteiger partial charge in [-0.25, -0.2) is 0 Å². The summed E-state index contributed by atoms with van der Waals surface area (Å²) in [5.41, 5.74) is 0. The highest BCUT2D eigenvalue weighted by Crippen LogP contribution is 2.19. The highest BCUT2D eigenvalue weighted by molar-refractivity contribution is 7.80. The molecule has 0 aromatic heterocycles. The van der Waals surface area contributed by atoms with Crippen LogP contribution in [0.3, 0.4) is 0 Å². The molecule has 108 valence electrons. The zero-order valence-electron chi connectivity index (χ0n) is 12.7. The summed E-state index contributed by atoms with van der Waals surface area (Å²) in [4.78, 5) is 0. The second kappa shape index (κ2) is 12.1. The van der Waals surface area contributed by atoms with Crippen molar-refractivity contribution in [1.29, 1.82) is 0 Å². The van der Waals surface area contributed by atoms with Gasteiger partial charge in [0.25, 0.3) is 0 Å². The van der Waals surface area contributed by atoms with Crippen LogP contribution in [0.2, 0.25) is 0 Å². The number of allylic oxidation sites excluding steroid dienone is 2. The predicted molar refractivity (Wildman–Crippen MR) is 85.5 cm³/mol. The number of thiol groups is 1. The summed E-state index contributed by atoms with van der Waals surface area (Å²) in [6, 6.07) is 0. The van der Waals surface area contributed by atoms with Gasteiger partial charge < -0.3 is 4.74 Å². The van der Waals surface area contributed by atoms with Gasteiger partial charge in [-0.3, -0.25) is 0 Å². The van der Waals surface area contributed by atoms with Crippen molar-refractivity contribution in [2.24, 2.45) is 11.8 Å². The molecule has 0 unspecified atom stereocenters. The molecule has 0 spiro atoms. The van der Waals surface area contributed by atoms with Crippen LogP contribution in [0.15, 0.2) is 12.2 Å². The summed E-state index contributed by atoms with van der Waals surface area (Å²) in [5.74, 6) is 2.27. The molecule has 0 amide bonds. The van der Waals surface area contributed by atoms with Crippen molar-refractivity contribution < 1.29 is 4.74 Å². The Morgan fingerprint density at radius 1 is 1.22 bits per heavy atom. The molecule has 0 bridgehead atoms. The van der Waals surface area contributed by atoms with E-state index in [0.29, 0.717) is 12.0 Å². The molecule has 2 atom stereocenters. The first-order chi connectivity index (χ1) is 8.63. The molecule has 0 aromatic carbocycles. The highest BCUT2D eigenvalue weighted by Gasteiger charge is 2.14. The third-order valence-electron chi connectivity index (χ3n) is 3.13. The lowest BCUT2D eigenvalue weighted by molar-refractivity contribution is 0.0343. The van der Waals surface area contributed by atoms with Crippen LogP contribution < -0.4 is 0 Å². The molecule has 0 fully saturated rings. The fraction of sp³-hybridized carbons (Fsp3) is 0.875. The molecule has 0 aliphatic heterocycles. The Balaban J connectivity index is 4.10. The van der Waals surface area contributed by atoms with Gasteiger partial charge in [-0.2, -0.15) is 12.6 Å². The van der Waals surface area contributed by atoms with Crippen molar-refractivity contribution in [2.75, 3.05) is 12.4 Å². The molecule has 2 heteroatoms. The molecule has 0 saturated carbocycles. The minimum absolute atomic E-state index is 0.414. The SMILES string of the molecule is CC=C[C@@H](CS)C[C@@H](CCCC(C)C)OCCC. The zero-order valence-corrected chi connectivity index (χ0v) is 13.6. The van der Waals surface area contributed by atoms with Crippen LogP contribution in [-0.2, 0) is 4.74 Å². The number of hydrogen-bond acceptors (Lipinski definition) is 2. The third-order valence-corrected chi connectivity index (χ3v) is 3.60. The van der Waals surface area contributed by atoms with Gasteiger partial charge in [0.05, 0.1) is 6.10 Å². The second-order valence-electron chi connectivity index (χ2n) is 5.52. The first-order valence-corrected chi connectivity index (χ1v) is 8.12. The van der Waals surface area contributed by atoms with E-state index in [1.165, 1.54) is 19.3 Å². The van der Waals surface area contributed by atoms with E-state index in [9.17, 15) is 0 Å². The average molecular weight is 272 g/mol. The Labute approximate surface area is 120 Å². The van der Waals surface area contributed by atoms with Crippen molar-refractivity contribution in [3.63, 3.8) is 0 Å². The Hall–Kier alpha value is 0.0500. The summed E-state index contributed by atoms with van der Waals surface area (Å²) in [7, 11) is 0. The van der Waals surface area contributed by atoms with Gasteiger partial charge in [-0.1, -0.05) is 45.8 Å². The van der Waals surface area contributed by atoms with E-state index in [1.807, 2.05) is 0 Å². The van der Waals surface area contributed by atoms with E-state index in [-0.39, 0.29) is 0 Å². The number of rotatable bonds is 11. The smallest absolute Gasteiger partial charge is 0.0581 e. The van der Waals surface area contributed by atoms with Crippen molar-refractivity contribution >= 4 is 12.6 Å². The first kappa shape index (κ1) is 18.0. The van der Waals surface area contributed by atoms with Crippen LogP contribution in [0, 0.1) is 11.8 Å². The van der Waals surface area contributed by atoms with Crippen molar-refractivity contribution in [1.82, 2.24) is 0 Å². The van der Waals surface area contributed by atoms with Gasteiger partial charge in [0.1, 0.15) is 0 Å². The lowest BCUT2D eigenvalue weighted by Crippen LogP contribution is -2.18. The quantitative estimate of drug-likeness (QED) is 0.406. The van der Waals surface area contributed by atoms with E-state index in [1.54, 1.807) is 0 Å². The van der Waals surface area contributed by atoms with Gasteiger partial charge in [0.2, 0.25) is 0 Å². The molecule has 0 N–H and O–H groups in total. The van der Waals surface area contributed by atoms with Crippen LogP contribution in [0.4, 0.5) is 0 Å². The third kappa shape index (κ3) is 10.0. The maximum atomic E-state index is 5.98. The Morgan fingerprint density at radius 2 is 1.94 bits per heavy atom. The Kier molecular flexibility index (Phi) is 12.1. The van der Waals surface area contributed by atoms with Crippen LogP contribution in [0.25, 0.3) is 0 Å². The zero-order chi connectivity index (χ0) is 13.8. The molecule has 0 heterocycles. The monoisotopic (exact) mass is 272 g/mol. The van der Waals surface area contributed by atoms with E-state index in [4.69, 9.17) is 4.74 Å². The normalized spacial score (nSPS) is 15.4. The molecular formula is C16H32OS. The molecule has 0 radical (unpaired) electrons. The van der Waals surface area contributed by atoms with Crippen LogP contribution >= 0.6 is 12.6 Å². The largest absolute Gasteiger partial charge is 0.378 e. The standard InChI is InChI=1S/C16H32OS/c1-5-8-15(13-18)12-16(17-11-6-2)10-7-9-14(3)4/h5,8,14-16,18H,6-7,9-13H2,1-4H3/t15-,16-/m1/s1. The summed E-state index contributed by atoms with van der Waals surface area (Å²) < 4.78 is 5.98. The maximum absolute atomic E-state index is 5.98. The van der Waals surface area contributed by atoms with E-state index >= 15 is 0 Å². The molecule has 0 saturated heterocycles. The van der Waals surface area contributed by atoms with Gasteiger partial charge in [-0.05, 0) is 43.8 Å². The van der Waals surface area contributed by atoms with Gasteiger partial charge in [0, 0.05) is 6.61 Å². The van der Waals surface area contributed by atoms with Crippen molar-refractivity contribution in [3.05, 3.63) is 12.2 Å². The first-order valence-electron chi connectivity index (χ1n) is 7.49. The minimum Gasteiger partial charge on any atom is -0.378 e. The average Bonchev–Trinajstić information content (AvgIpc) is 2.34. The molecule has 1 nitrogen and oxygen atoms in total. The van der Waals surface area contributed by atoms with Crippen molar-refractivity contribution in [2.45, 2.75) is 65.9 Å². The van der Waals surface area contributed by atoms with Gasteiger partial charge in [0.15, 0.2) is 0 Å². The molecular weight excluding hydrogens is 240 g/mol. The number of ether oxygens (including phenoxy) is 1.